The molecule has 2 rings (SSSR count). The van der Waals surface area contributed by atoms with Gasteiger partial charge in [0, 0.05) is 0 Å². The lowest BCUT2D eigenvalue weighted by Crippen LogP contribution is -1.77. The Bertz CT molecular complexity index is 291. The van der Waals surface area contributed by atoms with Gasteiger partial charge in [-0.05, 0) is 25.3 Å². The number of allylic oxidation sites excluding steroid dienone is 4. The summed E-state index contributed by atoms with van der Waals surface area (Å²) < 4.78 is 0. The zero-order valence-corrected chi connectivity index (χ0v) is 9.03. The molecule has 0 spiro atoms. The highest BCUT2D eigenvalue weighted by molar-refractivity contribution is 5.20. The zero-order valence-electron chi connectivity index (χ0n) is 9.03. The van der Waals surface area contributed by atoms with Gasteiger partial charge in [-0.2, -0.15) is 0 Å². The second kappa shape index (κ2) is 6.20. The van der Waals surface area contributed by atoms with E-state index in [-0.39, 0.29) is 0 Å². The third-order valence-corrected chi connectivity index (χ3v) is 2.18. The largest absolute Gasteiger partial charge is 0.0808 e. The maximum Gasteiger partial charge on any atom is -0.0163 e. The van der Waals surface area contributed by atoms with Crippen LogP contribution in [0, 0.1) is 6.92 Å². The van der Waals surface area contributed by atoms with Crippen molar-refractivity contribution in [3.8, 4) is 0 Å². The van der Waals surface area contributed by atoms with Crippen LogP contribution < -0.4 is 0 Å². The van der Waals surface area contributed by atoms with Crippen molar-refractivity contribution in [2.75, 3.05) is 0 Å². The van der Waals surface area contributed by atoms with E-state index in [1.807, 2.05) is 0 Å². The summed E-state index contributed by atoms with van der Waals surface area (Å²) in [7, 11) is 0. The number of aryl methyl sites for hydroxylation is 2. The average Bonchev–Trinajstić information content (AvgIpc) is 2.77. The van der Waals surface area contributed by atoms with Crippen LogP contribution >= 0.6 is 0 Å². The molecule has 0 N–H and O–H groups in total. The normalized spacial score (nSPS) is 12.4. The molecule has 1 aromatic rings. The fraction of sp³-hybridized carbons (Fsp3) is 0.286. The van der Waals surface area contributed by atoms with Gasteiger partial charge in [0.1, 0.15) is 0 Å². The second-order valence-electron chi connectivity index (χ2n) is 3.43. The van der Waals surface area contributed by atoms with E-state index in [4.69, 9.17) is 0 Å². The first-order valence-corrected chi connectivity index (χ1v) is 5.20. The van der Waals surface area contributed by atoms with Gasteiger partial charge < -0.3 is 0 Å². The lowest BCUT2D eigenvalue weighted by Gasteiger charge is -1.94. The van der Waals surface area contributed by atoms with Crippen LogP contribution in [0.5, 0.6) is 0 Å². The molecule has 1 aliphatic rings. The monoisotopic (exact) mass is 186 g/mol. The molecule has 0 nitrogen and oxygen atoms in total. The first kappa shape index (κ1) is 10.8. The molecule has 0 aliphatic heterocycles. The van der Waals surface area contributed by atoms with Crippen LogP contribution in [0.15, 0.2) is 48.6 Å². The summed E-state index contributed by atoms with van der Waals surface area (Å²) in [6.07, 6.45) is 10.6. The molecule has 0 atom stereocenters. The summed E-state index contributed by atoms with van der Waals surface area (Å²) in [5.74, 6) is 0. The Labute approximate surface area is 87.0 Å². The van der Waals surface area contributed by atoms with E-state index < -0.39 is 0 Å². The minimum Gasteiger partial charge on any atom is -0.0808 e. The van der Waals surface area contributed by atoms with Crippen molar-refractivity contribution in [2.24, 2.45) is 0 Å². The van der Waals surface area contributed by atoms with Gasteiger partial charge in [-0.3, -0.25) is 0 Å². The molecule has 0 radical (unpaired) electrons. The quantitative estimate of drug-likeness (QED) is 0.620. The summed E-state index contributed by atoms with van der Waals surface area (Å²) in [6, 6.07) is 8.66. The molecule has 1 aliphatic carbocycles. The Morgan fingerprint density at radius 2 is 1.57 bits per heavy atom. The first-order valence-electron chi connectivity index (χ1n) is 5.20. The molecule has 1 aromatic carbocycles. The maximum atomic E-state index is 2.18. The third kappa shape index (κ3) is 4.08. The van der Waals surface area contributed by atoms with Crippen LogP contribution in [-0.2, 0) is 6.42 Å². The van der Waals surface area contributed by atoms with Crippen LogP contribution in [0.1, 0.15) is 24.5 Å². The van der Waals surface area contributed by atoms with Crippen LogP contribution in [0.3, 0.4) is 0 Å². The molecule has 0 bridgehead atoms. The lowest BCUT2D eigenvalue weighted by atomic mass is 10.1. The van der Waals surface area contributed by atoms with Crippen LogP contribution in [-0.4, -0.2) is 0 Å². The van der Waals surface area contributed by atoms with Crippen LogP contribution in [0.2, 0.25) is 0 Å². The van der Waals surface area contributed by atoms with Gasteiger partial charge in [0.25, 0.3) is 0 Å². The van der Waals surface area contributed by atoms with Crippen LogP contribution in [0.25, 0.3) is 0 Å². The molecule has 74 valence electrons. The Kier molecular flexibility index (Phi) is 4.77. The van der Waals surface area contributed by atoms with Crippen LogP contribution in [0.4, 0.5) is 0 Å². The fourth-order valence-electron chi connectivity index (χ4n) is 1.22. The average molecular weight is 186 g/mol. The predicted molar refractivity (Wildman–Crippen MR) is 63.5 cm³/mol. The molecule has 14 heavy (non-hydrogen) atoms. The molecule has 0 saturated carbocycles. The van der Waals surface area contributed by atoms with Gasteiger partial charge in [-0.1, -0.05) is 61.1 Å². The minimum atomic E-state index is 1.14. The van der Waals surface area contributed by atoms with Crippen molar-refractivity contribution in [1.29, 1.82) is 0 Å². The number of hydrogen-bond acceptors (Lipinski definition) is 0. The van der Waals surface area contributed by atoms with Gasteiger partial charge in [0.05, 0.1) is 0 Å². The van der Waals surface area contributed by atoms with E-state index in [0.29, 0.717) is 0 Å². The molecule has 0 amide bonds. The molecule has 0 unspecified atom stereocenters. The molecule has 0 heteroatoms. The summed E-state index contributed by atoms with van der Waals surface area (Å²) in [4.78, 5) is 0. The van der Waals surface area contributed by atoms with E-state index in [1.54, 1.807) is 0 Å². The molecular weight excluding hydrogens is 168 g/mol. The maximum absolute atomic E-state index is 2.18. The molecular formula is C14H18. The molecule has 0 heterocycles. The van der Waals surface area contributed by atoms with Crippen molar-refractivity contribution in [3.63, 3.8) is 0 Å². The van der Waals surface area contributed by atoms with E-state index in [1.165, 1.54) is 11.1 Å². The summed E-state index contributed by atoms with van der Waals surface area (Å²) >= 11 is 0. The van der Waals surface area contributed by atoms with Crippen molar-refractivity contribution in [1.82, 2.24) is 0 Å². The SMILES string of the molecule is C1=CCC=C1.CCc1ccc(C)cc1. The Hall–Kier alpha value is -1.30. The summed E-state index contributed by atoms with van der Waals surface area (Å²) in [5, 5.41) is 0. The molecule has 0 aromatic heterocycles. The molecule has 0 fully saturated rings. The first-order chi connectivity index (χ1) is 6.83. The number of rotatable bonds is 1. The summed E-state index contributed by atoms with van der Waals surface area (Å²) in [6.45, 7) is 4.28. The Balaban J connectivity index is 0.000000165. The van der Waals surface area contributed by atoms with Gasteiger partial charge in [0.2, 0.25) is 0 Å². The van der Waals surface area contributed by atoms with Gasteiger partial charge >= 0.3 is 0 Å². The lowest BCUT2D eigenvalue weighted by molar-refractivity contribution is 1.14. The minimum absolute atomic E-state index is 1.14. The smallest absolute Gasteiger partial charge is 0.0163 e. The Morgan fingerprint density at radius 1 is 1.00 bits per heavy atom. The highest BCUT2D eigenvalue weighted by atomic mass is 13.9. The van der Waals surface area contributed by atoms with Crippen molar-refractivity contribution >= 4 is 0 Å². The van der Waals surface area contributed by atoms with E-state index >= 15 is 0 Å². The van der Waals surface area contributed by atoms with E-state index in [2.05, 4.69) is 62.4 Å². The Morgan fingerprint density at radius 3 is 1.93 bits per heavy atom. The third-order valence-electron chi connectivity index (χ3n) is 2.18. The van der Waals surface area contributed by atoms with Crippen molar-refractivity contribution < 1.29 is 0 Å². The predicted octanol–water partition coefficient (Wildman–Crippen LogP) is 4.06. The van der Waals surface area contributed by atoms with Crippen molar-refractivity contribution in [3.05, 3.63) is 59.7 Å². The standard InChI is InChI=1S/C9H12.C5H6/c1-3-9-6-4-8(2)5-7-9;1-2-4-5-3-1/h4-7H,3H2,1-2H3;1-4H,5H2. The highest BCUT2D eigenvalue weighted by Crippen LogP contribution is 2.02. The summed E-state index contributed by atoms with van der Waals surface area (Å²) in [5.41, 5.74) is 2.76. The molecule has 0 saturated heterocycles. The van der Waals surface area contributed by atoms with Gasteiger partial charge in [-0.25, -0.2) is 0 Å². The fourth-order valence-corrected chi connectivity index (χ4v) is 1.22. The topological polar surface area (TPSA) is 0 Å². The van der Waals surface area contributed by atoms with Gasteiger partial charge in [-0.15, -0.1) is 0 Å². The highest BCUT2D eigenvalue weighted by Gasteiger charge is 1.84. The van der Waals surface area contributed by atoms with Crippen molar-refractivity contribution in [2.45, 2.75) is 26.7 Å². The number of hydrogen-bond donors (Lipinski definition) is 0. The van der Waals surface area contributed by atoms with E-state index in [0.717, 1.165) is 12.8 Å². The second-order valence-corrected chi connectivity index (χ2v) is 3.43. The van der Waals surface area contributed by atoms with Gasteiger partial charge in [0.15, 0.2) is 0 Å². The number of benzene rings is 1. The zero-order chi connectivity index (χ0) is 10.2. The van der Waals surface area contributed by atoms with E-state index in [9.17, 15) is 0 Å².